The topological polar surface area (TPSA) is 138 Å². The van der Waals surface area contributed by atoms with Gasteiger partial charge in [0.1, 0.15) is 0 Å². The van der Waals surface area contributed by atoms with E-state index in [0.717, 1.165) is 0 Å². The van der Waals surface area contributed by atoms with Gasteiger partial charge in [0.2, 0.25) is 17.7 Å². The lowest BCUT2D eigenvalue weighted by atomic mass is 9.94. The van der Waals surface area contributed by atoms with Gasteiger partial charge in [-0.3, -0.25) is 14.4 Å². The second kappa shape index (κ2) is 5.96. The van der Waals surface area contributed by atoms with E-state index in [1.807, 2.05) is 0 Å². The molecule has 0 heterocycles. The Balaban J connectivity index is 3.50. The highest BCUT2D eigenvalue weighted by Gasteiger charge is 2.19. The lowest BCUT2D eigenvalue weighted by Gasteiger charge is -2.12. The van der Waals surface area contributed by atoms with Gasteiger partial charge in [0, 0.05) is 23.8 Å². The van der Waals surface area contributed by atoms with Crippen LogP contribution < -0.4 is 17.2 Å². The molecule has 3 amide bonds. The highest BCUT2D eigenvalue weighted by molar-refractivity contribution is 6.05. The molecule has 0 unspecified atom stereocenters. The Hall–Kier alpha value is -2.41. The number of carbonyl (C=O) groups is 3. The first-order valence-electron chi connectivity index (χ1n) is 5.43. The summed E-state index contributed by atoms with van der Waals surface area (Å²) in [5.41, 5.74) is 16.1. The predicted octanol–water partition coefficient (Wildman–Crippen LogP) is -0.828. The number of amides is 3. The van der Waals surface area contributed by atoms with Crippen LogP contribution in [0, 0.1) is 0 Å². The van der Waals surface area contributed by atoms with Gasteiger partial charge in [0.15, 0.2) is 0 Å². The SMILES string of the molecule is COCCc1c(C(N)=O)cc(C(N)=O)cc1C(N)=O. The van der Waals surface area contributed by atoms with Crippen LogP contribution in [0.15, 0.2) is 12.1 Å². The van der Waals surface area contributed by atoms with Gasteiger partial charge in [-0.05, 0) is 24.1 Å². The van der Waals surface area contributed by atoms with Crippen LogP contribution in [-0.2, 0) is 11.2 Å². The summed E-state index contributed by atoms with van der Waals surface area (Å²) in [6, 6.07) is 2.50. The molecule has 0 aliphatic rings. The number of benzene rings is 1. The first-order chi connectivity index (χ1) is 8.88. The summed E-state index contributed by atoms with van der Waals surface area (Å²) >= 11 is 0. The molecule has 7 heteroatoms. The molecule has 0 saturated carbocycles. The quantitative estimate of drug-likeness (QED) is 0.617. The van der Waals surface area contributed by atoms with E-state index >= 15 is 0 Å². The van der Waals surface area contributed by atoms with Crippen LogP contribution in [0.4, 0.5) is 0 Å². The maximum absolute atomic E-state index is 11.4. The maximum Gasteiger partial charge on any atom is 0.249 e. The van der Waals surface area contributed by atoms with Gasteiger partial charge in [0.05, 0.1) is 6.61 Å². The standard InChI is InChI=1S/C12H15N3O4/c1-19-3-2-7-8(11(14)17)4-6(10(13)16)5-9(7)12(15)18/h4-5H,2-3H2,1H3,(H2,13,16)(H2,14,17)(H2,15,18). The van der Waals surface area contributed by atoms with E-state index in [-0.39, 0.29) is 29.7 Å². The molecule has 0 bridgehead atoms. The fourth-order valence-corrected chi connectivity index (χ4v) is 1.73. The van der Waals surface area contributed by atoms with Gasteiger partial charge in [-0.25, -0.2) is 0 Å². The van der Waals surface area contributed by atoms with Crippen molar-refractivity contribution in [3.05, 3.63) is 34.4 Å². The minimum absolute atomic E-state index is 0.00349. The molecule has 19 heavy (non-hydrogen) atoms. The van der Waals surface area contributed by atoms with E-state index in [1.165, 1.54) is 19.2 Å². The molecular formula is C12H15N3O4. The molecule has 0 aliphatic carbocycles. The Morgan fingerprint density at radius 3 is 1.79 bits per heavy atom. The highest BCUT2D eigenvalue weighted by atomic mass is 16.5. The largest absolute Gasteiger partial charge is 0.384 e. The Kier molecular flexibility index (Phi) is 4.60. The summed E-state index contributed by atoms with van der Waals surface area (Å²) in [6.45, 7) is 0.274. The normalized spacial score (nSPS) is 10.2. The van der Waals surface area contributed by atoms with E-state index in [4.69, 9.17) is 21.9 Å². The third kappa shape index (κ3) is 3.29. The van der Waals surface area contributed by atoms with Gasteiger partial charge in [-0.1, -0.05) is 0 Å². The molecule has 7 nitrogen and oxygen atoms in total. The van der Waals surface area contributed by atoms with Crippen molar-refractivity contribution in [3.63, 3.8) is 0 Å². The van der Waals surface area contributed by atoms with Crippen LogP contribution >= 0.6 is 0 Å². The van der Waals surface area contributed by atoms with Crippen molar-refractivity contribution in [1.29, 1.82) is 0 Å². The minimum Gasteiger partial charge on any atom is -0.384 e. The molecule has 0 saturated heterocycles. The lowest BCUT2D eigenvalue weighted by molar-refractivity contribution is 0.0997. The number of ether oxygens (including phenoxy) is 1. The van der Waals surface area contributed by atoms with Crippen molar-refractivity contribution >= 4 is 17.7 Å². The van der Waals surface area contributed by atoms with Crippen LogP contribution in [0.25, 0.3) is 0 Å². The van der Waals surface area contributed by atoms with Gasteiger partial charge < -0.3 is 21.9 Å². The van der Waals surface area contributed by atoms with Crippen molar-refractivity contribution in [1.82, 2.24) is 0 Å². The zero-order valence-electron chi connectivity index (χ0n) is 10.4. The third-order valence-electron chi connectivity index (χ3n) is 2.62. The molecule has 6 N–H and O–H groups in total. The number of carbonyl (C=O) groups excluding carboxylic acids is 3. The number of methoxy groups -OCH3 is 1. The van der Waals surface area contributed by atoms with E-state index in [9.17, 15) is 14.4 Å². The highest BCUT2D eigenvalue weighted by Crippen LogP contribution is 2.18. The Bertz CT molecular complexity index is 505. The summed E-state index contributed by atoms with van der Waals surface area (Å²) in [4.78, 5) is 34.0. The molecule has 0 radical (unpaired) electrons. The Labute approximate surface area is 109 Å². The van der Waals surface area contributed by atoms with Crippen LogP contribution in [-0.4, -0.2) is 31.4 Å². The van der Waals surface area contributed by atoms with Gasteiger partial charge >= 0.3 is 0 Å². The third-order valence-corrected chi connectivity index (χ3v) is 2.62. The Morgan fingerprint density at radius 2 is 1.47 bits per heavy atom. The summed E-state index contributed by atoms with van der Waals surface area (Å²) < 4.78 is 4.90. The summed E-state index contributed by atoms with van der Waals surface area (Å²) in [6.07, 6.45) is 0.270. The summed E-state index contributed by atoms with van der Waals surface area (Å²) in [7, 11) is 1.48. The molecule has 0 aliphatic heterocycles. The van der Waals surface area contributed by atoms with E-state index in [2.05, 4.69) is 0 Å². The lowest BCUT2D eigenvalue weighted by Crippen LogP contribution is -2.23. The molecule has 1 aromatic rings. The molecule has 0 fully saturated rings. The van der Waals surface area contributed by atoms with E-state index in [0.29, 0.717) is 5.56 Å². The molecule has 102 valence electrons. The number of nitrogens with two attached hydrogens (primary N) is 3. The summed E-state index contributed by atoms with van der Waals surface area (Å²) in [5, 5.41) is 0. The zero-order valence-corrected chi connectivity index (χ0v) is 10.4. The molecular weight excluding hydrogens is 250 g/mol. The fourth-order valence-electron chi connectivity index (χ4n) is 1.73. The molecule has 0 aromatic heterocycles. The molecule has 0 spiro atoms. The van der Waals surface area contributed by atoms with Crippen molar-refractivity contribution in [2.45, 2.75) is 6.42 Å². The first kappa shape index (κ1) is 14.7. The predicted molar refractivity (Wildman–Crippen MR) is 67.6 cm³/mol. The van der Waals surface area contributed by atoms with E-state index < -0.39 is 17.7 Å². The monoisotopic (exact) mass is 265 g/mol. The number of primary amides is 3. The molecule has 1 aromatic carbocycles. The van der Waals surface area contributed by atoms with Gasteiger partial charge in [-0.2, -0.15) is 0 Å². The molecule has 1 rings (SSSR count). The van der Waals surface area contributed by atoms with Gasteiger partial charge in [-0.15, -0.1) is 0 Å². The van der Waals surface area contributed by atoms with Crippen molar-refractivity contribution in [2.24, 2.45) is 17.2 Å². The second-order valence-corrected chi connectivity index (χ2v) is 3.89. The Morgan fingerprint density at radius 1 is 1.00 bits per heavy atom. The summed E-state index contributed by atoms with van der Waals surface area (Å²) in [5.74, 6) is -2.31. The first-order valence-corrected chi connectivity index (χ1v) is 5.43. The van der Waals surface area contributed by atoms with Crippen LogP contribution in [0.5, 0.6) is 0 Å². The van der Waals surface area contributed by atoms with Crippen LogP contribution in [0.3, 0.4) is 0 Å². The smallest absolute Gasteiger partial charge is 0.249 e. The van der Waals surface area contributed by atoms with Crippen molar-refractivity contribution in [3.8, 4) is 0 Å². The van der Waals surface area contributed by atoms with Crippen LogP contribution in [0.1, 0.15) is 36.6 Å². The second-order valence-electron chi connectivity index (χ2n) is 3.89. The molecule has 0 atom stereocenters. The van der Waals surface area contributed by atoms with E-state index in [1.54, 1.807) is 0 Å². The number of hydrogen-bond acceptors (Lipinski definition) is 4. The van der Waals surface area contributed by atoms with Crippen LogP contribution in [0.2, 0.25) is 0 Å². The zero-order chi connectivity index (χ0) is 14.6. The number of rotatable bonds is 6. The van der Waals surface area contributed by atoms with Crippen molar-refractivity contribution in [2.75, 3.05) is 13.7 Å². The fraction of sp³-hybridized carbons (Fsp3) is 0.250. The number of hydrogen-bond donors (Lipinski definition) is 3. The average molecular weight is 265 g/mol. The van der Waals surface area contributed by atoms with Gasteiger partial charge in [0.25, 0.3) is 0 Å². The van der Waals surface area contributed by atoms with Crippen molar-refractivity contribution < 1.29 is 19.1 Å². The maximum atomic E-state index is 11.4. The average Bonchev–Trinajstić information content (AvgIpc) is 2.34. The minimum atomic E-state index is -0.775.